The summed E-state index contributed by atoms with van der Waals surface area (Å²) in [4.78, 5) is 15.9. The largest absolute Gasteiger partial charge is 0.494 e. The van der Waals surface area contributed by atoms with Gasteiger partial charge in [-0.15, -0.1) is 0 Å². The quantitative estimate of drug-likeness (QED) is 0.402. The third-order valence-electron chi connectivity index (χ3n) is 7.91. The number of carbonyl (C=O) groups excluding carboxylic acids is 1. The SMILES string of the molecule is CC(C)(C)OC(=O)C1(S(=O)(=O)c2ccc(B3OC(C)(C)C(C)(C)O3)cc2)CCN(Cc2ccccc2)CC1. The Balaban J connectivity index is 1.60. The first-order valence-electron chi connectivity index (χ1n) is 13.3. The summed E-state index contributed by atoms with van der Waals surface area (Å²) in [7, 11) is -4.66. The maximum absolute atomic E-state index is 14.2. The Morgan fingerprint density at radius 3 is 1.95 bits per heavy atom. The van der Waals surface area contributed by atoms with Crippen LogP contribution in [0.2, 0.25) is 0 Å². The van der Waals surface area contributed by atoms with Gasteiger partial charge in [0.05, 0.1) is 16.1 Å². The number of sulfone groups is 1. The smallest absolute Gasteiger partial charge is 0.459 e. The third-order valence-corrected chi connectivity index (χ3v) is 10.4. The summed E-state index contributed by atoms with van der Waals surface area (Å²) < 4.78 is 44.6. The molecule has 0 amide bonds. The minimum atomic E-state index is -4.06. The molecule has 2 saturated heterocycles. The summed E-state index contributed by atoms with van der Waals surface area (Å²) in [6, 6.07) is 16.6. The van der Waals surface area contributed by atoms with Gasteiger partial charge in [0.15, 0.2) is 14.6 Å². The molecule has 2 heterocycles. The fourth-order valence-electron chi connectivity index (χ4n) is 4.88. The highest BCUT2D eigenvalue weighted by molar-refractivity contribution is 7.93. The van der Waals surface area contributed by atoms with E-state index in [2.05, 4.69) is 4.90 Å². The minimum absolute atomic E-state index is 0.0973. The molecular formula is C29H40BNO6S. The minimum Gasteiger partial charge on any atom is -0.459 e. The first kappa shape index (κ1) is 28.8. The van der Waals surface area contributed by atoms with E-state index in [4.69, 9.17) is 14.0 Å². The van der Waals surface area contributed by atoms with Crippen molar-refractivity contribution < 1.29 is 27.3 Å². The second-order valence-corrected chi connectivity index (χ2v) is 14.7. The van der Waals surface area contributed by atoms with Crippen LogP contribution in [0.3, 0.4) is 0 Å². The molecule has 206 valence electrons. The van der Waals surface area contributed by atoms with Crippen molar-refractivity contribution in [2.75, 3.05) is 13.1 Å². The summed E-state index contributed by atoms with van der Waals surface area (Å²) in [5, 5.41) is 0. The number of esters is 1. The van der Waals surface area contributed by atoms with Gasteiger partial charge in [-0.2, -0.15) is 0 Å². The lowest BCUT2D eigenvalue weighted by Crippen LogP contribution is -2.56. The molecule has 4 rings (SSSR count). The van der Waals surface area contributed by atoms with E-state index in [0.29, 0.717) is 19.6 Å². The molecule has 2 aliphatic rings. The number of likely N-dealkylation sites (tertiary alicyclic amines) is 1. The van der Waals surface area contributed by atoms with E-state index < -0.39 is 44.5 Å². The van der Waals surface area contributed by atoms with Gasteiger partial charge >= 0.3 is 13.1 Å². The first-order chi connectivity index (χ1) is 17.6. The van der Waals surface area contributed by atoms with Crippen molar-refractivity contribution in [2.24, 2.45) is 0 Å². The van der Waals surface area contributed by atoms with Crippen LogP contribution in [0.15, 0.2) is 59.5 Å². The van der Waals surface area contributed by atoms with Crippen molar-refractivity contribution >= 4 is 28.4 Å². The van der Waals surface area contributed by atoms with Crippen molar-refractivity contribution in [3.8, 4) is 0 Å². The molecule has 0 atom stereocenters. The molecule has 0 bridgehead atoms. The van der Waals surface area contributed by atoms with Crippen LogP contribution in [0.1, 0.15) is 66.9 Å². The van der Waals surface area contributed by atoms with E-state index in [-0.39, 0.29) is 17.7 Å². The molecule has 0 aliphatic carbocycles. The molecule has 2 aromatic carbocycles. The lowest BCUT2D eigenvalue weighted by Gasteiger charge is -2.40. The average molecular weight is 542 g/mol. The van der Waals surface area contributed by atoms with Gasteiger partial charge in [0, 0.05) is 19.6 Å². The molecule has 0 unspecified atom stereocenters. The van der Waals surface area contributed by atoms with E-state index in [0.717, 1.165) is 11.0 Å². The van der Waals surface area contributed by atoms with E-state index >= 15 is 0 Å². The van der Waals surface area contributed by atoms with Gasteiger partial charge in [-0.05, 0) is 84.5 Å². The highest BCUT2D eigenvalue weighted by Gasteiger charge is 2.55. The summed E-state index contributed by atoms with van der Waals surface area (Å²) in [5.41, 5.74) is 0.0693. The van der Waals surface area contributed by atoms with E-state index in [1.807, 2.05) is 58.0 Å². The number of hydrogen-bond acceptors (Lipinski definition) is 7. The molecule has 0 N–H and O–H groups in total. The maximum atomic E-state index is 14.2. The van der Waals surface area contributed by atoms with Gasteiger partial charge in [-0.3, -0.25) is 9.69 Å². The van der Waals surface area contributed by atoms with Crippen LogP contribution in [-0.2, 0) is 35.2 Å². The zero-order valence-corrected chi connectivity index (χ0v) is 24.4. The Labute approximate surface area is 227 Å². The van der Waals surface area contributed by atoms with Crippen LogP contribution in [0, 0.1) is 0 Å². The first-order valence-corrected chi connectivity index (χ1v) is 14.7. The summed E-state index contributed by atoms with van der Waals surface area (Å²) >= 11 is 0. The number of nitrogens with zero attached hydrogens (tertiary/aromatic N) is 1. The molecule has 0 radical (unpaired) electrons. The summed E-state index contributed by atoms with van der Waals surface area (Å²) in [5.74, 6) is -0.681. The Morgan fingerprint density at radius 2 is 1.45 bits per heavy atom. The molecule has 0 spiro atoms. The van der Waals surface area contributed by atoms with Crippen molar-refractivity contribution in [2.45, 2.75) is 94.3 Å². The molecular weight excluding hydrogens is 501 g/mol. The van der Waals surface area contributed by atoms with Gasteiger partial charge in [-0.1, -0.05) is 42.5 Å². The van der Waals surface area contributed by atoms with E-state index in [1.54, 1.807) is 45.0 Å². The fraction of sp³-hybridized carbons (Fsp3) is 0.552. The number of ether oxygens (including phenoxy) is 1. The fourth-order valence-corrected chi connectivity index (χ4v) is 6.80. The molecule has 7 nitrogen and oxygen atoms in total. The molecule has 2 aromatic rings. The Morgan fingerprint density at radius 1 is 0.921 bits per heavy atom. The maximum Gasteiger partial charge on any atom is 0.494 e. The Kier molecular flexibility index (Phi) is 7.64. The summed E-state index contributed by atoms with van der Waals surface area (Å²) in [6.45, 7) is 14.8. The highest BCUT2D eigenvalue weighted by Crippen LogP contribution is 2.39. The van der Waals surface area contributed by atoms with Crippen LogP contribution < -0.4 is 5.46 Å². The van der Waals surface area contributed by atoms with Gasteiger partial charge < -0.3 is 14.0 Å². The second kappa shape index (κ2) is 10.1. The van der Waals surface area contributed by atoms with Crippen LogP contribution in [0.25, 0.3) is 0 Å². The van der Waals surface area contributed by atoms with Gasteiger partial charge in [-0.25, -0.2) is 8.42 Å². The van der Waals surface area contributed by atoms with Gasteiger partial charge in [0.1, 0.15) is 5.60 Å². The van der Waals surface area contributed by atoms with E-state index in [9.17, 15) is 13.2 Å². The lowest BCUT2D eigenvalue weighted by molar-refractivity contribution is -0.159. The Hall–Kier alpha value is -2.20. The van der Waals surface area contributed by atoms with Crippen LogP contribution in [0.4, 0.5) is 0 Å². The summed E-state index contributed by atoms with van der Waals surface area (Å²) in [6.07, 6.45) is 0.326. The average Bonchev–Trinajstić information content (AvgIpc) is 3.06. The molecule has 2 fully saturated rings. The van der Waals surface area contributed by atoms with Crippen LogP contribution >= 0.6 is 0 Å². The zero-order chi connectivity index (χ0) is 28.0. The highest BCUT2D eigenvalue weighted by atomic mass is 32.2. The molecule has 2 aliphatic heterocycles. The lowest BCUT2D eigenvalue weighted by atomic mass is 9.79. The molecule has 38 heavy (non-hydrogen) atoms. The molecule has 0 aromatic heterocycles. The second-order valence-electron chi connectivity index (χ2n) is 12.4. The normalized spacial score (nSPS) is 21.3. The van der Waals surface area contributed by atoms with Crippen LogP contribution in [0.5, 0.6) is 0 Å². The number of benzene rings is 2. The standard InChI is InChI=1S/C29H40BNO6S/c1-26(2,3)35-25(32)29(17-19-31(20-18-29)21-22-11-9-8-10-12-22)38(33,34)24-15-13-23(14-16-24)30-36-27(4,5)28(6,7)37-30/h8-16H,17-21H2,1-7H3. The molecule has 0 saturated carbocycles. The van der Waals surface area contributed by atoms with Crippen molar-refractivity contribution in [3.63, 3.8) is 0 Å². The number of piperidine rings is 1. The Bertz CT molecular complexity index is 1230. The number of hydrogen-bond donors (Lipinski definition) is 0. The topological polar surface area (TPSA) is 82.1 Å². The molecule has 9 heteroatoms. The monoisotopic (exact) mass is 541 g/mol. The predicted molar refractivity (Wildman–Crippen MR) is 149 cm³/mol. The van der Waals surface area contributed by atoms with Gasteiger partial charge in [0.25, 0.3) is 0 Å². The van der Waals surface area contributed by atoms with Crippen LogP contribution in [-0.4, -0.2) is 61.0 Å². The number of carbonyl (C=O) groups is 1. The van der Waals surface area contributed by atoms with Crippen molar-refractivity contribution in [1.82, 2.24) is 4.90 Å². The predicted octanol–water partition coefficient (Wildman–Crippen LogP) is 4.14. The third kappa shape index (κ3) is 5.57. The van der Waals surface area contributed by atoms with Gasteiger partial charge in [0.2, 0.25) is 0 Å². The zero-order valence-electron chi connectivity index (χ0n) is 23.6. The van der Waals surface area contributed by atoms with Crippen molar-refractivity contribution in [3.05, 3.63) is 60.2 Å². The number of rotatable bonds is 6. The van der Waals surface area contributed by atoms with E-state index in [1.165, 1.54) is 0 Å². The van der Waals surface area contributed by atoms with Crippen molar-refractivity contribution in [1.29, 1.82) is 0 Å².